The summed E-state index contributed by atoms with van der Waals surface area (Å²) in [6.07, 6.45) is 2.21. The van der Waals surface area contributed by atoms with Gasteiger partial charge in [0.05, 0.1) is 10.7 Å². The van der Waals surface area contributed by atoms with Gasteiger partial charge in [0.25, 0.3) is 0 Å². The predicted molar refractivity (Wildman–Crippen MR) is 79.3 cm³/mol. The lowest BCUT2D eigenvalue weighted by molar-refractivity contribution is 0.722. The van der Waals surface area contributed by atoms with Crippen LogP contribution < -0.4 is 5.32 Å². The second kappa shape index (κ2) is 6.12. The third-order valence-corrected chi connectivity index (χ3v) is 3.95. The maximum atomic E-state index is 4.74. The first-order valence-electron chi connectivity index (χ1n) is 6.37. The highest BCUT2D eigenvalue weighted by Gasteiger charge is 2.07. The number of thiazole rings is 1. The van der Waals surface area contributed by atoms with E-state index >= 15 is 0 Å². The van der Waals surface area contributed by atoms with Crippen LogP contribution in [0.15, 0.2) is 23.6 Å². The Kier molecular flexibility index (Phi) is 4.50. The zero-order valence-electron chi connectivity index (χ0n) is 11.3. The quantitative estimate of drug-likeness (QED) is 0.831. The fourth-order valence-electron chi connectivity index (χ4n) is 1.98. The molecule has 0 amide bonds. The van der Waals surface area contributed by atoms with Crippen molar-refractivity contribution in [2.24, 2.45) is 0 Å². The lowest BCUT2D eigenvalue weighted by atomic mass is 10.0. The van der Waals surface area contributed by atoms with Crippen molar-refractivity contribution in [3.8, 4) is 11.3 Å². The van der Waals surface area contributed by atoms with Gasteiger partial charge < -0.3 is 5.32 Å². The van der Waals surface area contributed by atoms with Crippen molar-refractivity contribution in [2.75, 3.05) is 13.6 Å². The second-order valence-corrected chi connectivity index (χ2v) is 5.59. The van der Waals surface area contributed by atoms with Crippen molar-refractivity contribution in [3.05, 3.63) is 39.7 Å². The van der Waals surface area contributed by atoms with Crippen LogP contribution in [0, 0.1) is 13.8 Å². The molecule has 1 heterocycles. The van der Waals surface area contributed by atoms with Crippen LogP contribution in [-0.4, -0.2) is 18.6 Å². The van der Waals surface area contributed by atoms with Crippen molar-refractivity contribution in [1.82, 2.24) is 10.3 Å². The minimum absolute atomic E-state index is 1.05. The van der Waals surface area contributed by atoms with Crippen LogP contribution in [0.3, 0.4) is 0 Å². The minimum atomic E-state index is 1.05. The van der Waals surface area contributed by atoms with E-state index in [1.807, 2.05) is 7.05 Å². The van der Waals surface area contributed by atoms with Gasteiger partial charge in [-0.25, -0.2) is 4.98 Å². The van der Waals surface area contributed by atoms with E-state index in [1.165, 1.54) is 21.7 Å². The van der Waals surface area contributed by atoms with Crippen molar-refractivity contribution in [3.63, 3.8) is 0 Å². The summed E-state index contributed by atoms with van der Waals surface area (Å²) >= 11 is 1.77. The fraction of sp³-hybridized carbons (Fsp3) is 0.400. The van der Waals surface area contributed by atoms with E-state index in [0.29, 0.717) is 0 Å². The molecule has 96 valence electrons. The van der Waals surface area contributed by atoms with Crippen LogP contribution in [0.5, 0.6) is 0 Å². The highest BCUT2D eigenvalue weighted by molar-refractivity contribution is 7.09. The van der Waals surface area contributed by atoms with Crippen molar-refractivity contribution < 1.29 is 0 Å². The number of benzene rings is 1. The van der Waals surface area contributed by atoms with Gasteiger partial charge in [-0.15, -0.1) is 11.3 Å². The van der Waals surface area contributed by atoms with E-state index in [0.717, 1.165) is 25.1 Å². The molecule has 2 nitrogen and oxygen atoms in total. The summed E-state index contributed by atoms with van der Waals surface area (Å²) in [4.78, 5) is 4.74. The first-order chi connectivity index (χ1) is 8.70. The molecule has 0 aliphatic carbocycles. The molecule has 0 atom stereocenters. The summed E-state index contributed by atoms with van der Waals surface area (Å²) in [5.41, 5.74) is 4.99. The Morgan fingerprint density at radius 1 is 1.28 bits per heavy atom. The molecule has 1 N–H and O–H groups in total. The molecule has 0 bridgehead atoms. The van der Waals surface area contributed by atoms with Crippen molar-refractivity contribution in [2.45, 2.75) is 26.7 Å². The van der Waals surface area contributed by atoms with Crippen LogP contribution in [-0.2, 0) is 6.42 Å². The Hall–Kier alpha value is -1.19. The van der Waals surface area contributed by atoms with Gasteiger partial charge in [0, 0.05) is 17.4 Å². The summed E-state index contributed by atoms with van der Waals surface area (Å²) < 4.78 is 0. The van der Waals surface area contributed by atoms with Crippen LogP contribution >= 0.6 is 11.3 Å². The Morgan fingerprint density at radius 3 is 2.89 bits per heavy atom. The van der Waals surface area contributed by atoms with Crippen molar-refractivity contribution >= 4 is 11.3 Å². The van der Waals surface area contributed by atoms with Crippen molar-refractivity contribution in [1.29, 1.82) is 0 Å². The van der Waals surface area contributed by atoms with Gasteiger partial charge >= 0.3 is 0 Å². The fourth-order valence-corrected chi connectivity index (χ4v) is 2.82. The lowest BCUT2D eigenvalue weighted by Gasteiger charge is -2.03. The average molecular weight is 260 g/mol. The molecule has 0 fully saturated rings. The molecule has 0 aliphatic rings. The SMILES string of the molecule is CNCCCc1nc(-c2cc(C)ccc2C)cs1. The van der Waals surface area contributed by atoms with Crippen LogP contribution in [0.2, 0.25) is 0 Å². The molecular weight excluding hydrogens is 240 g/mol. The summed E-state index contributed by atoms with van der Waals surface area (Å²) in [5, 5.41) is 6.58. The van der Waals surface area contributed by atoms with Gasteiger partial charge in [0.15, 0.2) is 0 Å². The van der Waals surface area contributed by atoms with Crippen LogP contribution in [0.25, 0.3) is 11.3 Å². The smallest absolute Gasteiger partial charge is 0.0933 e. The topological polar surface area (TPSA) is 24.9 Å². The highest BCUT2D eigenvalue weighted by atomic mass is 32.1. The average Bonchev–Trinajstić information content (AvgIpc) is 2.81. The summed E-state index contributed by atoms with van der Waals surface area (Å²) in [5.74, 6) is 0. The van der Waals surface area contributed by atoms with E-state index in [-0.39, 0.29) is 0 Å². The van der Waals surface area contributed by atoms with Gasteiger partial charge in [0.1, 0.15) is 0 Å². The van der Waals surface area contributed by atoms with E-state index in [4.69, 9.17) is 4.98 Å². The maximum absolute atomic E-state index is 4.74. The minimum Gasteiger partial charge on any atom is -0.320 e. The molecule has 0 saturated carbocycles. The molecule has 3 heteroatoms. The molecule has 1 aromatic carbocycles. The largest absolute Gasteiger partial charge is 0.320 e. The summed E-state index contributed by atoms with van der Waals surface area (Å²) in [6, 6.07) is 6.55. The number of rotatable bonds is 5. The zero-order chi connectivity index (χ0) is 13.0. The molecule has 1 aromatic heterocycles. The molecular formula is C15H20N2S. The predicted octanol–water partition coefficient (Wildman–Crippen LogP) is 3.58. The number of nitrogens with zero attached hydrogens (tertiary/aromatic N) is 1. The molecule has 0 radical (unpaired) electrons. The Labute approximate surface area is 113 Å². The summed E-state index contributed by atoms with van der Waals surface area (Å²) in [6.45, 7) is 5.33. The standard InChI is InChI=1S/C15H20N2S/c1-11-6-7-12(2)13(9-11)14-10-18-15(17-14)5-4-8-16-3/h6-7,9-10,16H,4-5,8H2,1-3H3. The van der Waals surface area contributed by atoms with E-state index < -0.39 is 0 Å². The highest BCUT2D eigenvalue weighted by Crippen LogP contribution is 2.26. The second-order valence-electron chi connectivity index (χ2n) is 4.65. The molecule has 0 saturated heterocycles. The van der Waals surface area contributed by atoms with Gasteiger partial charge in [0.2, 0.25) is 0 Å². The molecule has 0 aliphatic heterocycles. The third kappa shape index (κ3) is 3.18. The summed E-state index contributed by atoms with van der Waals surface area (Å²) in [7, 11) is 1.99. The molecule has 2 aromatic rings. The van der Waals surface area contributed by atoms with Crippen LogP contribution in [0.4, 0.5) is 0 Å². The molecule has 0 spiro atoms. The molecule has 2 rings (SSSR count). The van der Waals surface area contributed by atoms with E-state index in [9.17, 15) is 0 Å². The number of hydrogen-bond acceptors (Lipinski definition) is 3. The van der Waals surface area contributed by atoms with E-state index in [2.05, 4.69) is 42.7 Å². The molecule has 18 heavy (non-hydrogen) atoms. The first-order valence-corrected chi connectivity index (χ1v) is 7.25. The number of aryl methyl sites for hydroxylation is 3. The van der Waals surface area contributed by atoms with Gasteiger partial charge in [-0.1, -0.05) is 17.7 Å². The maximum Gasteiger partial charge on any atom is 0.0933 e. The normalized spacial score (nSPS) is 10.8. The van der Waals surface area contributed by atoms with Gasteiger partial charge in [-0.05, 0) is 45.5 Å². The number of nitrogens with one attached hydrogen (secondary N) is 1. The Bertz CT molecular complexity index is 517. The first kappa shape index (κ1) is 13.2. The van der Waals surface area contributed by atoms with Gasteiger partial charge in [-0.2, -0.15) is 0 Å². The zero-order valence-corrected chi connectivity index (χ0v) is 12.1. The third-order valence-electron chi connectivity index (χ3n) is 3.04. The van der Waals surface area contributed by atoms with Gasteiger partial charge in [-0.3, -0.25) is 0 Å². The van der Waals surface area contributed by atoms with Crippen LogP contribution in [0.1, 0.15) is 22.6 Å². The lowest BCUT2D eigenvalue weighted by Crippen LogP contribution is -2.08. The number of hydrogen-bond donors (Lipinski definition) is 1. The Morgan fingerprint density at radius 2 is 2.11 bits per heavy atom. The monoisotopic (exact) mass is 260 g/mol. The Balaban J connectivity index is 2.16. The molecule has 0 unspecified atom stereocenters. The van der Waals surface area contributed by atoms with E-state index in [1.54, 1.807) is 11.3 Å². The number of aromatic nitrogens is 1.